The first-order valence-electron chi connectivity index (χ1n) is 9.51. The van der Waals surface area contributed by atoms with Crippen molar-refractivity contribution in [2.45, 2.75) is 26.7 Å². The van der Waals surface area contributed by atoms with Crippen molar-refractivity contribution < 1.29 is 24.2 Å². The summed E-state index contributed by atoms with van der Waals surface area (Å²) in [6.45, 7) is 7.07. The number of hydrogen-bond donors (Lipinski definition) is 3. The highest BCUT2D eigenvalue weighted by Gasteiger charge is 2.20. The molecule has 0 saturated heterocycles. The number of anilines is 1. The monoisotopic (exact) mass is 444 g/mol. The molecule has 0 radical (unpaired) electrons. The van der Waals surface area contributed by atoms with E-state index < -0.39 is 18.4 Å². The predicted molar refractivity (Wildman–Crippen MR) is 121 cm³/mol. The van der Waals surface area contributed by atoms with Crippen molar-refractivity contribution >= 4 is 40.6 Å². The zero-order chi connectivity index (χ0) is 23.1. The third-order valence-corrected chi connectivity index (χ3v) is 5.04. The molecule has 7 nitrogen and oxygen atoms in total. The van der Waals surface area contributed by atoms with Crippen LogP contribution in [0.15, 0.2) is 58.7 Å². The van der Waals surface area contributed by atoms with Gasteiger partial charge in [-0.25, -0.2) is 0 Å². The summed E-state index contributed by atoms with van der Waals surface area (Å²) in [6.07, 6.45) is 3.56. The Hall–Kier alpha value is -3.32. The molecule has 164 valence electrons. The Morgan fingerprint density at radius 1 is 1.23 bits per heavy atom. The number of nitrogens with one attached hydrogen (secondary N) is 2. The van der Waals surface area contributed by atoms with Gasteiger partial charge in [0.15, 0.2) is 0 Å². The van der Waals surface area contributed by atoms with E-state index in [1.807, 2.05) is 13.8 Å². The standard InChI is InChI=1S/C23H25ClN2O5/c1-13(2)17(11-21(27)25-12-22(28)29)18-10-16(31-4)6-8-20(18)26-23(30)15-5-7-19(24)14(3)9-15/h5-8,10H,3,9,11-12H2,1-2,4H3,(H,25,27)(H,26,30)(H,28,29). The fraction of sp³-hybridized carbons (Fsp3) is 0.261. The number of amides is 2. The molecule has 0 atom stereocenters. The molecule has 0 aliphatic heterocycles. The molecule has 0 heterocycles. The molecule has 0 fully saturated rings. The number of carboxylic acids is 1. The molecule has 31 heavy (non-hydrogen) atoms. The van der Waals surface area contributed by atoms with Crippen LogP contribution in [0.2, 0.25) is 0 Å². The van der Waals surface area contributed by atoms with Crippen LogP contribution in [-0.4, -0.2) is 36.5 Å². The molecular formula is C23H25ClN2O5. The van der Waals surface area contributed by atoms with Gasteiger partial charge in [0, 0.05) is 28.3 Å². The Balaban J connectivity index is 2.36. The van der Waals surface area contributed by atoms with Crippen molar-refractivity contribution in [2.75, 3.05) is 19.0 Å². The molecule has 1 aliphatic rings. The number of rotatable bonds is 8. The van der Waals surface area contributed by atoms with E-state index in [2.05, 4.69) is 17.2 Å². The molecule has 0 bridgehead atoms. The van der Waals surface area contributed by atoms with Gasteiger partial charge in [0.2, 0.25) is 5.91 Å². The van der Waals surface area contributed by atoms with E-state index in [9.17, 15) is 14.4 Å². The lowest BCUT2D eigenvalue weighted by molar-refractivity contribution is -0.137. The van der Waals surface area contributed by atoms with Crippen molar-refractivity contribution in [3.8, 4) is 5.75 Å². The summed E-state index contributed by atoms with van der Waals surface area (Å²) in [4.78, 5) is 35.8. The van der Waals surface area contributed by atoms with Crippen LogP contribution in [0, 0.1) is 0 Å². The molecule has 2 rings (SSSR count). The maximum Gasteiger partial charge on any atom is 0.322 e. The lowest BCUT2D eigenvalue weighted by Crippen LogP contribution is -2.29. The Bertz CT molecular complexity index is 1020. The highest BCUT2D eigenvalue weighted by Crippen LogP contribution is 2.33. The summed E-state index contributed by atoms with van der Waals surface area (Å²) < 4.78 is 5.31. The summed E-state index contributed by atoms with van der Waals surface area (Å²) in [5, 5.41) is 14.5. The second kappa shape index (κ2) is 10.6. The molecule has 8 heteroatoms. The average Bonchev–Trinajstić information content (AvgIpc) is 2.72. The van der Waals surface area contributed by atoms with E-state index in [4.69, 9.17) is 21.4 Å². The molecule has 0 spiro atoms. The van der Waals surface area contributed by atoms with Crippen molar-refractivity contribution in [3.05, 3.63) is 64.2 Å². The summed E-state index contributed by atoms with van der Waals surface area (Å²) in [5.74, 6) is -1.32. The Morgan fingerprint density at radius 3 is 2.52 bits per heavy atom. The number of aliphatic carboxylic acids is 1. The van der Waals surface area contributed by atoms with Gasteiger partial charge in [0.25, 0.3) is 5.91 Å². The first-order valence-corrected chi connectivity index (χ1v) is 9.89. The lowest BCUT2D eigenvalue weighted by Gasteiger charge is -2.19. The number of halogens is 1. The fourth-order valence-electron chi connectivity index (χ4n) is 2.97. The summed E-state index contributed by atoms with van der Waals surface area (Å²) >= 11 is 6.02. The maximum atomic E-state index is 12.8. The maximum absolute atomic E-state index is 12.8. The first-order chi connectivity index (χ1) is 14.6. The number of carboxylic acid groups (broad SMARTS) is 1. The lowest BCUT2D eigenvalue weighted by atomic mass is 9.95. The van der Waals surface area contributed by atoms with E-state index >= 15 is 0 Å². The van der Waals surface area contributed by atoms with Crippen LogP contribution in [0.25, 0.3) is 5.57 Å². The quantitative estimate of drug-likeness (QED) is 0.561. The van der Waals surface area contributed by atoms with Crippen LogP contribution in [0.5, 0.6) is 5.75 Å². The van der Waals surface area contributed by atoms with Gasteiger partial charge in [-0.1, -0.05) is 29.8 Å². The molecule has 1 aromatic carbocycles. The van der Waals surface area contributed by atoms with Crippen LogP contribution < -0.4 is 15.4 Å². The molecular weight excluding hydrogens is 420 g/mol. The largest absolute Gasteiger partial charge is 0.497 e. The zero-order valence-corrected chi connectivity index (χ0v) is 18.4. The van der Waals surface area contributed by atoms with Crippen LogP contribution in [-0.2, 0) is 14.4 Å². The molecule has 0 saturated carbocycles. The van der Waals surface area contributed by atoms with E-state index in [0.717, 1.165) is 5.57 Å². The highest BCUT2D eigenvalue weighted by molar-refractivity contribution is 6.32. The summed E-state index contributed by atoms with van der Waals surface area (Å²) in [7, 11) is 1.52. The van der Waals surface area contributed by atoms with E-state index in [1.165, 1.54) is 7.11 Å². The van der Waals surface area contributed by atoms with Crippen molar-refractivity contribution in [1.82, 2.24) is 5.32 Å². The summed E-state index contributed by atoms with van der Waals surface area (Å²) in [5.41, 5.74) is 3.77. The zero-order valence-electron chi connectivity index (χ0n) is 17.7. The smallest absolute Gasteiger partial charge is 0.322 e. The van der Waals surface area contributed by atoms with Crippen LogP contribution in [0.1, 0.15) is 32.3 Å². The molecule has 2 amide bonds. The number of carbonyl (C=O) groups excluding carboxylic acids is 2. The van der Waals surface area contributed by atoms with Crippen LogP contribution in [0.4, 0.5) is 5.69 Å². The predicted octanol–water partition coefficient (Wildman–Crippen LogP) is 4.03. The first kappa shape index (κ1) is 24.0. The van der Waals surface area contributed by atoms with Gasteiger partial charge in [-0.2, -0.15) is 0 Å². The number of carbonyl (C=O) groups is 3. The van der Waals surface area contributed by atoms with E-state index in [-0.39, 0.29) is 12.3 Å². The van der Waals surface area contributed by atoms with Gasteiger partial charge < -0.3 is 20.5 Å². The van der Waals surface area contributed by atoms with Gasteiger partial charge in [-0.3, -0.25) is 14.4 Å². The second-order valence-corrected chi connectivity index (χ2v) is 7.59. The van der Waals surface area contributed by atoms with Crippen molar-refractivity contribution in [2.24, 2.45) is 0 Å². The van der Waals surface area contributed by atoms with Gasteiger partial charge in [-0.15, -0.1) is 0 Å². The highest BCUT2D eigenvalue weighted by atomic mass is 35.5. The van der Waals surface area contributed by atoms with Gasteiger partial charge in [0.05, 0.1) is 13.5 Å². The van der Waals surface area contributed by atoms with E-state index in [0.29, 0.717) is 45.2 Å². The molecule has 3 N–H and O–H groups in total. The number of benzene rings is 1. The number of methoxy groups -OCH3 is 1. The second-order valence-electron chi connectivity index (χ2n) is 7.18. The minimum atomic E-state index is -1.13. The van der Waals surface area contributed by atoms with Gasteiger partial charge in [-0.05, 0) is 49.3 Å². The number of ether oxygens (including phenoxy) is 1. The molecule has 0 unspecified atom stereocenters. The topological polar surface area (TPSA) is 105 Å². The average molecular weight is 445 g/mol. The van der Waals surface area contributed by atoms with Crippen LogP contribution in [0.3, 0.4) is 0 Å². The molecule has 1 aliphatic carbocycles. The SMILES string of the molecule is C=C1CC(C(=O)Nc2ccc(OC)cc2C(CC(=O)NCC(=O)O)=C(C)C)=CC=C1Cl. The van der Waals surface area contributed by atoms with Gasteiger partial charge in [0.1, 0.15) is 12.3 Å². The van der Waals surface area contributed by atoms with E-state index in [1.54, 1.807) is 30.4 Å². The fourth-order valence-corrected chi connectivity index (χ4v) is 3.10. The Morgan fingerprint density at radius 2 is 1.94 bits per heavy atom. The minimum Gasteiger partial charge on any atom is -0.497 e. The normalized spacial score (nSPS) is 13.0. The molecule has 1 aromatic rings. The number of hydrogen-bond acceptors (Lipinski definition) is 4. The minimum absolute atomic E-state index is 0.0521. The summed E-state index contributed by atoms with van der Waals surface area (Å²) in [6, 6.07) is 5.13. The van der Waals surface area contributed by atoms with Gasteiger partial charge >= 0.3 is 5.97 Å². The third kappa shape index (κ3) is 6.58. The van der Waals surface area contributed by atoms with Crippen molar-refractivity contribution in [3.63, 3.8) is 0 Å². The Kier molecular flexibility index (Phi) is 8.22. The molecule has 0 aromatic heterocycles. The van der Waals surface area contributed by atoms with Crippen molar-refractivity contribution in [1.29, 1.82) is 0 Å². The Labute approximate surface area is 186 Å². The number of allylic oxidation sites excluding steroid dienone is 5. The third-order valence-electron chi connectivity index (χ3n) is 4.64. The van der Waals surface area contributed by atoms with Crippen LogP contribution >= 0.6 is 11.6 Å².